The summed E-state index contributed by atoms with van der Waals surface area (Å²) in [6.45, 7) is 0.477. The van der Waals surface area contributed by atoms with E-state index in [9.17, 15) is 10.1 Å². The summed E-state index contributed by atoms with van der Waals surface area (Å²) in [6.07, 6.45) is 1.55. The van der Waals surface area contributed by atoms with Crippen molar-refractivity contribution in [2.45, 2.75) is 6.61 Å². The van der Waals surface area contributed by atoms with E-state index in [-0.39, 0.29) is 5.57 Å². The van der Waals surface area contributed by atoms with Crippen LogP contribution in [0.25, 0.3) is 6.08 Å². The van der Waals surface area contributed by atoms with Crippen LogP contribution in [-0.2, 0) is 11.4 Å². The first-order chi connectivity index (χ1) is 14.0. The maximum atomic E-state index is 12.3. The van der Waals surface area contributed by atoms with Crippen molar-refractivity contribution in [1.82, 2.24) is 0 Å². The molecule has 144 valence electrons. The molecule has 0 aliphatic rings. The van der Waals surface area contributed by atoms with Crippen LogP contribution in [0.3, 0.4) is 0 Å². The summed E-state index contributed by atoms with van der Waals surface area (Å²) in [7, 11) is 0. The fourth-order valence-corrected chi connectivity index (χ4v) is 3.08. The Hall–Kier alpha value is -2.63. The fourth-order valence-electron chi connectivity index (χ4n) is 2.45. The topological polar surface area (TPSA) is 62.1 Å². The van der Waals surface area contributed by atoms with Crippen LogP contribution in [0, 0.1) is 14.9 Å². The molecule has 0 atom stereocenters. The Bertz CT molecular complexity index is 1050. The van der Waals surface area contributed by atoms with E-state index >= 15 is 0 Å². The maximum Gasteiger partial charge on any atom is 0.266 e. The fraction of sp³-hybridized carbons (Fsp3) is 0.0435. The number of benzene rings is 3. The molecule has 3 aromatic carbocycles. The van der Waals surface area contributed by atoms with Crippen molar-refractivity contribution in [3.8, 4) is 11.8 Å². The van der Waals surface area contributed by atoms with Gasteiger partial charge in [0.1, 0.15) is 24.0 Å². The highest BCUT2D eigenvalue weighted by Crippen LogP contribution is 2.18. The Morgan fingerprint density at radius 3 is 2.31 bits per heavy atom. The SMILES string of the molecule is N#C/C(=C/c1ccc(OCc2ccc(I)cc2)cc1)C(=O)Nc1ccc(Br)cc1. The number of nitrogens with one attached hydrogen (secondary N) is 1. The van der Waals surface area contributed by atoms with Gasteiger partial charge >= 0.3 is 0 Å². The van der Waals surface area contributed by atoms with E-state index in [1.165, 1.54) is 3.57 Å². The predicted molar refractivity (Wildman–Crippen MR) is 126 cm³/mol. The van der Waals surface area contributed by atoms with Gasteiger partial charge in [-0.3, -0.25) is 4.79 Å². The second-order valence-corrected chi connectivity index (χ2v) is 8.28. The first-order valence-electron chi connectivity index (χ1n) is 8.69. The van der Waals surface area contributed by atoms with E-state index < -0.39 is 5.91 Å². The number of ether oxygens (including phenoxy) is 1. The van der Waals surface area contributed by atoms with E-state index in [2.05, 4.69) is 43.8 Å². The van der Waals surface area contributed by atoms with Gasteiger partial charge in [0.2, 0.25) is 0 Å². The lowest BCUT2D eigenvalue weighted by atomic mass is 10.1. The quantitative estimate of drug-likeness (QED) is 0.223. The van der Waals surface area contributed by atoms with Crippen LogP contribution < -0.4 is 10.1 Å². The van der Waals surface area contributed by atoms with Crippen LogP contribution in [-0.4, -0.2) is 5.91 Å². The van der Waals surface area contributed by atoms with Gasteiger partial charge in [-0.1, -0.05) is 40.2 Å². The first-order valence-corrected chi connectivity index (χ1v) is 10.6. The van der Waals surface area contributed by atoms with Crippen molar-refractivity contribution in [2.75, 3.05) is 5.32 Å². The van der Waals surface area contributed by atoms with E-state index in [1.807, 2.05) is 66.7 Å². The van der Waals surface area contributed by atoms with Crippen LogP contribution in [0.15, 0.2) is 82.8 Å². The molecule has 1 N–H and O–H groups in total. The molecule has 0 heterocycles. The minimum absolute atomic E-state index is 0.0282. The van der Waals surface area contributed by atoms with Crippen molar-refractivity contribution in [1.29, 1.82) is 5.26 Å². The number of halogens is 2. The van der Waals surface area contributed by atoms with Crippen LogP contribution in [0.4, 0.5) is 5.69 Å². The summed E-state index contributed by atoms with van der Waals surface area (Å²) < 4.78 is 7.88. The molecular formula is C23H16BrIN2O2. The molecule has 29 heavy (non-hydrogen) atoms. The Balaban J connectivity index is 1.63. The first kappa shape index (κ1) is 21.1. The summed E-state index contributed by atoms with van der Waals surface area (Å²) in [5.74, 6) is 0.271. The zero-order chi connectivity index (χ0) is 20.6. The molecule has 4 nitrogen and oxygen atoms in total. The summed E-state index contributed by atoms with van der Waals surface area (Å²) in [5.41, 5.74) is 2.49. The van der Waals surface area contributed by atoms with Gasteiger partial charge in [0.15, 0.2) is 0 Å². The molecule has 0 saturated heterocycles. The summed E-state index contributed by atoms with van der Waals surface area (Å²) in [5, 5.41) is 12.1. The minimum atomic E-state index is -0.450. The number of carbonyl (C=O) groups excluding carboxylic acids is 1. The maximum absolute atomic E-state index is 12.3. The molecule has 0 unspecified atom stereocenters. The lowest BCUT2D eigenvalue weighted by molar-refractivity contribution is -0.112. The Kier molecular flexibility index (Phi) is 7.44. The third-order valence-electron chi connectivity index (χ3n) is 3.98. The van der Waals surface area contributed by atoms with Crippen molar-refractivity contribution < 1.29 is 9.53 Å². The number of nitrogens with zero attached hydrogens (tertiary/aromatic N) is 1. The van der Waals surface area contributed by atoms with Gasteiger partial charge in [0.25, 0.3) is 5.91 Å². The van der Waals surface area contributed by atoms with Gasteiger partial charge < -0.3 is 10.1 Å². The number of amides is 1. The zero-order valence-corrected chi connectivity index (χ0v) is 19.0. The Morgan fingerprint density at radius 1 is 1.03 bits per heavy atom. The molecule has 3 rings (SSSR count). The van der Waals surface area contributed by atoms with Crippen molar-refractivity contribution >= 4 is 56.2 Å². The number of nitriles is 1. The average molecular weight is 559 g/mol. The van der Waals surface area contributed by atoms with Gasteiger partial charge in [-0.25, -0.2) is 0 Å². The lowest BCUT2D eigenvalue weighted by Gasteiger charge is -2.07. The van der Waals surface area contributed by atoms with Crippen LogP contribution in [0.5, 0.6) is 5.75 Å². The third-order valence-corrected chi connectivity index (χ3v) is 5.22. The predicted octanol–water partition coefficient (Wildman–Crippen LogP) is 6.18. The molecule has 0 aliphatic heterocycles. The van der Waals surface area contributed by atoms with Gasteiger partial charge in [-0.2, -0.15) is 5.26 Å². The second-order valence-electron chi connectivity index (χ2n) is 6.12. The highest BCUT2D eigenvalue weighted by molar-refractivity contribution is 14.1. The Labute approximate surface area is 191 Å². The normalized spacial score (nSPS) is 10.9. The highest BCUT2D eigenvalue weighted by Gasteiger charge is 2.09. The van der Waals surface area contributed by atoms with Gasteiger partial charge in [-0.15, -0.1) is 0 Å². The Morgan fingerprint density at radius 2 is 1.69 bits per heavy atom. The number of hydrogen-bond acceptors (Lipinski definition) is 3. The van der Waals surface area contributed by atoms with Crippen LogP contribution >= 0.6 is 38.5 Å². The largest absolute Gasteiger partial charge is 0.489 e. The molecule has 0 aliphatic carbocycles. The van der Waals surface area contributed by atoms with Gasteiger partial charge in [0.05, 0.1) is 0 Å². The van der Waals surface area contributed by atoms with Crippen LogP contribution in [0.2, 0.25) is 0 Å². The number of rotatable bonds is 6. The lowest BCUT2D eigenvalue weighted by Crippen LogP contribution is -2.13. The van der Waals surface area contributed by atoms with E-state index in [4.69, 9.17) is 4.74 Å². The van der Waals surface area contributed by atoms with Gasteiger partial charge in [0, 0.05) is 13.7 Å². The zero-order valence-electron chi connectivity index (χ0n) is 15.2. The molecule has 0 aromatic heterocycles. The molecule has 0 bridgehead atoms. The second kappa shape index (κ2) is 10.2. The number of carbonyl (C=O) groups is 1. The summed E-state index contributed by atoms with van der Waals surface area (Å²) in [6, 6.07) is 24.5. The van der Waals surface area contributed by atoms with E-state index in [0.717, 1.165) is 21.3 Å². The molecular weight excluding hydrogens is 543 g/mol. The number of hydrogen-bond donors (Lipinski definition) is 1. The van der Waals surface area contributed by atoms with Crippen molar-refractivity contribution in [3.63, 3.8) is 0 Å². The van der Waals surface area contributed by atoms with E-state index in [0.29, 0.717) is 12.3 Å². The standard InChI is InChI=1S/C23H16BrIN2O2/c24-19-5-9-21(10-6-19)27-23(28)18(14-26)13-16-3-11-22(12-4-16)29-15-17-1-7-20(25)8-2-17/h1-13H,15H2,(H,27,28)/b18-13-. The molecule has 0 spiro atoms. The molecule has 1 amide bonds. The molecule has 3 aromatic rings. The van der Waals surface area contributed by atoms with Crippen molar-refractivity contribution in [3.05, 3.63) is 97.5 Å². The smallest absolute Gasteiger partial charge is 0.266 e. The van der Waals surface area contributed by atoms with Gasteiger partial charge in [-0.05, 0) is 88.3 Å². The van der Waals surface area contributed by atoms with Crippen molar-refractivity contribution in [2.24, 2.45) is 0 Å². The highest BCUT2D eigenvalue weighted by atomic mass is 127. The van der Waals surface area contributed by atoms with E-state index in [1.54, 1.807) is 18.2 Å². The molecule has 0 saturated carbocycles. The summed E-state index contributed by atoms with van der Waals surface area (Å²) >= 11 is 5.61. The molecule has 0 radical (unpaired) electrons. The van der Waals surface area contributed by atoms with Crippen LogP contribution in [0.1, 0.15) is 11.1 Å². The number of anilines is 1. The minimum Gasteiger partial charge on any atom is -0.489 e. The third kappa shape index (κ3) is 6.44. The average Bonchev–Trinajstić information content (AvgIpc) is 2.74. The molecule has 0 fully saturated rings. The molecule has 6 heteroatoms. The summed E-state index contributed by atoms with van der Waals surface area (Å²) in [4.78, 5) is 12.3. The monoisotopic (exact) mass is 558 g/mol.